The lowest BCUT2D eigenvalue weighted by molar-refractivity contribution is -0.150. The Kier molecular flexibility index (Phi) is 8.90. The van der Waals surface area contributed by atoms with Crippen LogP contribution in [0.15, 0.2) is 28.4 Å². The highest BCUT2D eigenvalue weighted by Crippen LogP contribution is 2.22. The number of aromatic amines is 1. The number of carbonyl (C=O) groups excluding carboxylic acids is 1. The zero-order valence-electron chi connectivity index (χ0n) is 19.6. The fourth-order valence-corrected chi connectivity index (χ4v) is 5.10. The van der Waals surface area contributed by atoms with Crippen LogP contribution in [0.3, 0.4) is 0 Å². The van der Waals surface area contributed by atoms with E-state index >= 15 is 0 Å². The van der Waals surface area contributed by atoms with Crippen LogP contribution < -0.4 is 15.6 Å². The van der Waals surface area contributed by atoms with E-state index in [0.29, 0.717) is 21.3 Å². The third-order valence-corrected chi connectivity index (χ3v) is 7.24. The van der Waals surface area contributed by atoms with Gasteiger partial charge >= 0.3 is 0 Å². The second-order valence-electron chi connectivity index (χ2n) is 8.33. The molecule has 3 N–H and O–H groups in total. The summed E-state index contributed by atoms with van der Waals surface area (Å²) >= 11 is 6.96. The minimum Gasteiger partial charge on any atom is -0.374 e. The Morgan fingerprint density at radius 1 is 1.32 bits per heavy atom. The van der Waals surface area contributed by atoms with Gasteiger partial charge in [0.15, 0.2) is 0 Å². The summed E-state index contributed by atoms with van der Waals surface area (Å²) in [6.07, 6.45) is 0.364. The molecule has 1 fully saturated rings. The zero-order chi connectivity index (χ0) is 26.6. The first-order valence-corrected chi connectivity index (χ1v) is 14.2. The summed E-state index contributed by atoms with van der Waals surface area (Å²) in [7, 11) is -3.30. The number of halogens is 2. The maximum Gasteiger partial charge on any atom is 0.287 e. The van der Waals surface area contributed by atoms with Gasteiger partial charge in [0.1, 0.15) is 16.8 Å². The topological polar surface area (TPSA) is 149 Å². The molecule has 3 aromatic rings. The van der Waals surface area contributed by atoms with Gasteiger partial charge < -0.3 is 24.5 Å². The van der Waals surface area contributed by atoms with Crippen molar-refractivity contribution in [2.75, 3.05) is 32.6 Å². The van der Waals surface area contributed by atoms with Crippen LogP contribution in [0.4, 0.5) is 4.39 Å². The van der Waals surface area contributed by atoms with Gasteiger partial charge in [0, 0.05) is 18.7 Å². The lowest BCUT2D eigenvalue weighted by Crippen LogP contribution is -2.44. The number of H-pyrrole nitrogens is 1. The number of carbonyl (C=O) groups is 1. The van der Waals surface area contributed by atoms with Crippen LogP contribution in [-0.2, 0) is 37.4 Å². The summed E-state index contributed by atoms with van der Waals surface area (Å²) in [5.74, 6) is -1.30. The number of hydrogen-bond donors (Lipinski definition) is 3. The van der Waals surface area contributed by atoms with Crippen LogP contribution in [0.25, 0.3) is 10.2 Å². The Bertz CT molecular complexity index is 1440. The molecule has 3 heterocycles. The molecule has 200 valence electrons. The zero-order valence-corrected chi connectivity index (χ0v) is 22.0. The fourth-order valence-electron chi connectivity index (χ4n) is 3.48. The van der Waals surface area contributed by atoms with Gasteiger partial charge in [-0.1, -0.05) is 17.7 Å². The van der Waals surface area contributed by atoms with Crippen LogP contribution in [0.2, 0.25) is 5.02 Å². The maximum atomic E-state index is 13.3. The number of rotatable bonds is 10. The average molecular weight is 575 g/mol. The molecule has 1 saturated heterocycles. The number of thiophene rings is 1. The Balaban J connectivity index is 1.29. The first-order chi connectivity index (χ1) is 17.6. The van der Waals surface area contributed by atoms with E-state index in [1.165, 1.54) is 29.5 Å². The lowest BCUT2D eigenvalue weighted by atomic mass is 10.2. The Morgan fingerprint density at radius 3 is 2.78 bits per heavy atom. The molecule has 11 nitrogen and oxygen atoms in total. The highest BCUT2D eigenvalue weighted by atomic mass is 35.5. The van der Waals surface area contributed by atoms with Crippen molar-refractivity contribution in [3.8, 4) is 0 Å². The molecule has 1 aliphatic heterocycles. The highest BCUT2D eigenvalue weighted by Gasteiger charge is 2.23. The molecule has 1 aromatic carbocycles. The fraction of sp³-hybridized carbons (Fsp3) is 0.409. The van der Waals surface area contributed by atoms with Crippen LogP contribution >= 0.6 is 22.9 Å². The van der Waals surface area contributed by atoms with Gasteiger partial charge in [0.25, 0.3) is 11.5 Å². The summed E-state index contributed by atoms with van der Waals surface area (Å²) < 4.78 is 55.0. The van der Waals surface area contributed by atoms with Crippen molar-refractivity contribution >= 4 is 49.1 Å². The molecule has 4 rings (SSSR count). The molecule has 1 amide bonds. The van der Waals surface area contributed by atoms with E-state index in [4.69, 9.17) is 25.8 Å². The monoisotopic (exact) mass is 574 g/mol. The van der Waals surface area contributed by atoms with Crippen molar-refractivity contribution in [2.45, 2.75) is 25.4 Å². The molecule has 0 saturated carbocycles. The second-order valence-corrected chi connectivity index (χ2v) is 11.4. The van der Waals surface area contributed by atoms with Crippen molar-refractivity contribution in [2.24, 2.45) is 0 Å². The van der Waals surface area contributed by atoms with Crippen LogP contribution in [0.1, 0.15) is 21.7 Å². The van der Waals surface area contributed by atoms with Gasteiger partial charge in [0.2, 0.25) is 15.8 Å². The number of hydrogen-bond acceptors (Lipinski definition) is 9. The number of sulfonamides is 1. The molecule has 0 bridgehead atoms. The van der Waals surface area contributed by atoms with E-state index in [-0.39, 0.29) is 62.6 Å². The van der Waals surface area contributed by atoms with E-state index < -0.39 is 27.3 Å². The van der Waals surface area contributed by atoms with Gasteiger partial charge in [0.05, 0.1) is 49.2 Å². The van der Waals surface area contributed by atoms with E-state index in [1.54, 1.807) is 5.38 Å². The summed E-state index contributed by atoms with van der Waals surface area (Å²) in [5, 5.41) is 4.63. The predicted octanol–water partition coefficient (Wildman–Crippen LogP) is 1.56. The van der Waals surface area contributed by atoms with Crippen LogP contribution in [0.5, 0.6) is 0 Å². The van der Waals surface area contributed by atoms with Gasteiger partial charge in [-0.2, -0.15) is 0 Å². The molecule has 2 unspecified atom stereocenters. The van der Waals surface area contributed by atoms with Crippen LogP contribution in [-0.4, -0.2) is 69.1 Å². The standard InChI is InChI=1S/C22H24ClFN4O7S2/c1-37(31,32)26-6-14-9-35-15(10-34-14)8-33-7-13-11-36-22-18(13)20(29)27-19(28-22)21(30)25-5-12-2-3-17(24)16(23)4-12/h2-4,11,14-15,26H,5-10H2,1H3,(H,25,30)(H,27,28,29). The minimum atomic E-state index is -3.30. The quantitative estimate of drug-likeness (QED) is 0.330. The van der Waals surface area contributed by atoms with Crippen LogP contribution in [0, 0.1) is 5.82 Å². The summed E-state index contributed by atoms with van der Waals surface area (Å²) in [6, 6.07) is 4.10. The van der Waals surface area contributed by atoms with Crippen molar-refractivity contribution in [3.05, 3.63) is 61.7 Å². The number of nitrogens with one attached hydrogen (secondary N) is 3. The first-order valence-electron chi connectivity index (χ1n) is 11.1. The van der Waals surface area contributed by atoms with Gasteiger partial charge in [-0.05, 0) is 23.1 Å². The first kappa shape index (κ1) is 27.6. The highest BCUT2D eigenvalue weighted by molar-refractivity contribution is 7.88. The van der Waals surface area contributed by atoms with E-state index in [2.05, 4.69) is 20.0 Å². The Morgan fingerprint density at radius 2 is 2.08 bits per heavy atom. The Labute approximate surface area is 220 Å². The maximum absolute atomic E-state index is 13.3. The van der Waals surface area contributed by atoms with E-state index in [9.17, 15) is 22.4 Å². The minimum absolute atomic E-state index is 0.0540. The molecule has 0 radical (unpaired) electrons. The van der Waals surface area contributed by atoms with Crippen molar-refractivity contribution in [1.82, 2.24) is 20.0 Å². The number of amides is 1. The number of benzene rings is 1. The molecule has 1 aliphatic rings. The van der Waals surface area contributed by atoms with Crippen molar-refractivity contribution < 1.29 is 31.8 Å². The smallest absolute Gasteiger partial charge is 0.287 e. The molecule has 37 heavy (non-hydrogen) atoms. The van der Waals surface area contributed by atoms with E-state index in [1.807, 2.05) is 0 Å². The lowest BCUT2D eigenvalue weighted by Gasteiger charge is -2.29. The number of nitrogens with zero attached hydrogens (tertiary/aromatic N) is 1. The van der Waals surface area contributed by atoms with Gasteiger partial charge in [-0.25, -0.2) is 22.5 Å². The summed E-state index contributed by atoms with van der Waals surface area (Å²) in [5.41, 5.74) is 0.735. The summed E-state index contributed by atoms with van der Waals surface area (Å²) in [6.45, 7) is 1.00. The third-order valence-electron chi connectivity index (χ3n) is 5.34. The molecule has 0 spiro atoms. The normalized spacial score (nSPS) is 18.2. The van der Waals surface area contributed by atoms with Crippen molar-refractivity contribution in [1.29, 1.82) is 0 Å². The van der Waals surface area contributed by atoms with Gasteiger partial charge in [-0.15, -0.1) is 11.3 Å². The molecule has 2 aromatic heterocycles. The van der Waals surface area contributed by atoms with E-state index in [0.717, 1.165) is 6.26 Å². The van der Waals surface area contributed by atoms with Crippen molar-refractivity contribution in [3.63, 3.8) is 0 Å². The second kappa shape index (κ2) is 11.9. The molecular formula is C22H24ClFN4O7S2. The molecular weight excluding hydrogens is 551 g/mol. The average Bonchev–Trinajstić information content (AvgIpc) is 3.27. The number of fused-ring (bicyclic) bond motifs is 1. The summed E-state index contributed by atoms with van der Waals surface area (Å²) in [4.78, 5) is 32.3. The largest absolute Gasteiger partial charge is 0.374 e. The molecule has 2 atom stereocenters. The molecule has 0 aliphatic carbocycles. The number of aromatic nitrogens is 2. The predicted molar refractivity (Wildman–Crippen MR) is 135 cm³/mol. The molecule has 15 heteroatoms. The number of ether oxygens (including phenoxy) is 3. The van der Waals surface area contributed by atoms with Gasteiger partial charge in [-0.3, -0.25) is 9.59 Å². The SMILES string of the molecule is CS(=O)(=O)NCC1COC(COCc2csc3nc(C(=O)NCc4ccc(F)c(Cl)c4)[nH]c(=O)c23)CO1. The third kappa shape index (κ3) is 7.54. The Hall–Kier alpha value is -2.46.